The van der Waals surface area contributed by atoms with Crippen LogP contribution < -0.4 is 15.8 Å². The van der Waals surface area contributed by atoms with E-state index in [-0.39, 0.29) is 31.1 Å². The van der Waals surface area contributed by atoms with Gasteiger partial charge in [0.2, 0.25) is 21.8 Å². The maximum absolute atomic E-state index is 13.5. The Morgan fingerprint density at radius 1 is 1.20 bits per heavy atom. The van der Waals surface area contributed by atoms with E-state index in [4.69, 9.17) is 10.5 Å². The fourth-order valence-corrected chi connectivity index (χ4v) is 6.47. The lowest BCUT2D eigenvalue weighted by Crippen LogP contribution is -2.55. The molecule has 5 atom stereocenters. The number of primary amides is 1. The Bertz CT molecular complexity index is 1050. The first kappa shape index (κ1) is 25.5. The number of nitrogens with one attached hydrogen (secondary N) is 2. The van der Waals surface area contributed by atoms with Gasteiger partial charge in [0, 0.05) is 19.5 Å². The van der Waals surface area contributed by atoms with Crippen molar-refractivity contribution in [3.63, 3.8) is 0 Å². The van der Waals surface area contributed by atoms with Gasteiger partial charge >= 0.3 is 6.09 Å². The highest BCUT2D eigenvalue weighted by Crippen LogP contribution is 2.48. The summed E-state index contributed by atoms with van der Waals surface area (Å²) in [5.41, 5.74) is 3.76. The van der Waals surface area contributed by atoms with E-state index in [9.17, 15) is 27.6 Å². The Balaban J connectivity index is 1.60. The number of carbonyl (C=O) groups is 4. The topological polar surface area (TPSA) is 165 Å². The summed E-state index contributed by atoms with van der Waals surface area (Å²) in [5, 5.41) is 2.79. The molecule has 0 bridgehead atoms. The largest absolute Gasteiger partial charge is 0.446 e. The van der Waals surface area contributed by atoms with Gasteiger partial charge in [-0.3, -0.25) is 19.1 Å². The lowest BCUT2D eigenvalue weighted by atomic mass is 9.93. The average molecular weight is 511 g/mol. The highest BCUT2D eigenvalue weighted by Gasteiger charge is 2.63. The molecule has 1 aliphatic heterocycles. The minimum absolute atomic E-state index is 0.0909. The molecule has 3 saturated carbocycles. The molecule has 0 aromatic heterocycles. The molecule has 12 heteroatoms. The van der Waals surface area contributed by atoms with E-state index in [1.165, 1.54) is 0 Å². The van der Waals surface area contributed by atoms with E-state index >= 15 is 0 Å². The van der Waals surface area contributed by atoms with Crippen LogP contribution in [0, 0.1) is 17.8 Å². The Morgan fingerprint density at radius 2 is 1.89 bits per heavy atom. The summed E-state index contributed by atoms with van der Waals surface area (Å²) >= 11 is 0. The van der Waals surface area contributed by atoms with Gasteiger partial charge in [0.25, 0.3) is 5.91 Å². The maximum Gasteiger partial charge on any atom is 0.404 e. The number of allylic oxidation sites excluding steroid dienone is 1. The van der Waals surface area contributed by atoms with Crippen molar-refractivity contribution in [3.05, 3.63) is 12.2 Å². The van der Waals surface area contributed by atoms with Crippen LogP contribution in [-0.4, -0.2) is 67.1 Å². The zero-order valence-electron chi connectivity index (χ0n) is 20.1. The number of carbonyl (C=O) groups excluding carboxylic acids is 4. The molecule has 3 fully saturated rings. The molecule has 4 aliphatic rings. The molecular weight excluding hydrogens is 476 g/mol. The van der Waals surface area contributed by atoms with E-state index in [0.29, 0.717) is 19.4 Å². The Kier molecular flexibility index (Phi) is 6.62. The molecule has 5 unspecified atom stereocenters. The van der Waals surface area contributed by atoms with Crippen molar-refractivity contribution in [1.29, 1.82) is 0 Å². The van der Waals surface area contributed by atoms with Crippen LogP contribution in [0.2, 0.25) is 0 Å². The number of fused-ring (bicyclic) bond motifs is 2. The van der Waals surface area contributed by atoms with Gasteiger partial charge in [-0.25, -0.2) is 13.2 Å². The number of rotatable bonds is 4. The first-order valence-electron chi connectivity index (χ1n) is 12.1. The lowest BCUT2D eigenvalue weighted by Gasteiger charge is -2.27. The second-order valence-corrected chi connectivity index (χ2v) is 12.8. The number of ether oxygens (including phenoxy) is 1. The van der Waals surface area contributed by atoms with Crippen molar-refractivity contribution < 1.29 is 32.3 Å². The molecule has 4 amide bonds. The highest BCUT2D eigenvalue weighted by atomic mass is 32.2. The standard InChI is InChI=1S/C23H34N4O7S/c1-22(8-9-22)35(32,33)26-20(30)23-13-14(23)7-5-3-4-6-10-27(2)19(29)17-12-15(34-21(24)31)11-16(17)18(28)25-23/h5,7,14-17H,3-4,6,8-13H2,1-2H3,(H2,24,31)(H,25,28)(H,26,30)/b7-5-. The Labute approximate surface area is 205 Å². The Hall–Kier alpha value is -2.63. The fraction of sp³-hybridized carbons (Fsp3) is 0.739. The van der Waals surface area contributed by atoms with E-state index < -0.39 is 56.2 Å². The fourth-order valence-electron chi connectivity index (χ4n) is 5.15. The number of sulfonamides is 1. The molecule has 4 N–H and O–H groups in total. The van der Waals surface area contributed by atoms with Gasteiger partial charge in [-0.05, 0) is 58.3 Å². The number of nitrogens with two attached hydrogens (primary N) is 1. The molecule has 0 spiro atoms. The van der Waals surface area contributed by atoms with Gasteiger partial charge in [0.05, 0.1) is 16.6 Å². The van der Waals surface area contributed by atoms with E-state index in [0.717, 1.165) is 19.3 Å². The van der Waals surface area contributed by atoms with Crippen molar-refractivity contribution in [1.82, 2.24) is 14.9 Å². The first-order valence-corrected chi connectivity index (χ1v) is 13.6. The summed E-state index contributed by atoms with van der Waals surface area (Å²) in [7, 11) is -2.21. The molecule has 3 aliphatic carbocycles. The lowest BCUT2D eigenvalue weighted by molar-refractivity contribution is -0.140. The molecule has 0 saturated heterocycles. The summed E-state index contributed by atoms with van der Waals surface area (Å²) in [6.07, 6.45) is 5.90. The van der Waals surface area contributed by atoms with Gasteiger partial charge in [-0.1, -0.05) is 12.2 Å². The molecule has 1 heterocycles. The van der Waals surface area contributed by atoms with Gasteiger partial charge in [0.1, 0.15) is 11.6 Å². The van der Waals surface area contributed by atoms with Crippen molar-refractivity contribution in [2.75, 3.05) is 13.6 Å². The predicted octanol–water partition coefficient (Wildman–Crippen LogP) is 0.548. The first-order chi connectivity index (χ1) is 16.4. The summed E-state index contributed by atoms with van der Waals surface area (Å²) in [4.78, 5) is 52.8. The number of amides is 4. The quantitative estimate of drug-likeness (QED) is 0.465. The molecule has 0 radical (unpaired) electrons. The van der Waals surface area contributed by atoms with Crippen LogP contribution in [0.25, 0.3) is 0 Å². The summed E-state index contributed by atoms with van der Waals surface area (Å²) < 4.78 is 31.7. The van der Waals surface area contributed by atoms with Crippen LogP contribution in [0.15, 0.2) is 12.2 Å². The van der Waals surface area contributed by atoms with Crippen LogP contribution in [0.4, 0.5) is 4.79 Å². The molecule has 4 rings (SSSR count). The van der Waals surface area contributed by atoms with Crippen LogP contribution in [-0.2, 0) is 29.1 Å². The second-order valence-electron chi connectivity index (χ2n) is 10.6. The monoisotopic (exact) mass is 510 g/mol. The van der Waals surface area contributed by atoms with Gasteiger partial charge in [0.15, 0.2) is 0 Å². The van der Waals surface area contributed by atoms with Crippen LogP contribution >= 0.6 is 0 Å². The third-order valence-corrected chi connectivity index (χ3v) is 10.1. The number of hydrogen-bond donors (Lipinski definition) is 3. The molecular formula is C23H34N4O7S. The SMILES string of the molecule is CN1CCCC/C=C\C2CC2(C(=O)NS(=O)(=O)C2(C)CC2)NC(=O)C2CC(OC(N)=O)CC2C1=O. The van der Waals surface area contributed by atoms with E-state index in [1.54, 1.807) is 18.9 Å². The molecule has 0 aromatic rings. The van der Waals surface area contributed by atoms with Crippen molar-refractivity contribution >= 4 is 33.8 Å². The van der Waals surface area contributed by atoms with E-state index in [1.807, 2.05) is 12.2 Å². The summed E-state index contributed by atoms with van der Waals surface area (Å²) in [6.45, 7) is 2.12. The minimum Gasteiger partial charge on any atom is -0.446 e. The van der Waals surface area contributed by atoms with Gasteiger partial charge in [-0.15, -0.1) is 0 Å². The van der Waals surface area contributed by atoms with Gasteiger partial charge < -0.3 is 20.7 Å². The molecule has 0 aromatic carbocycles. The number of hydrogen-bond acceptors (Lipinski definition) is 7. The number of nitrogens with zero attached hydrogens (tertiary/aromatic N) is 1. The third-order valence-electron chi connectivity index (χ3n) is 7.91. The van der Waals surface area contributed by atoms with Crippen LogP contribution in [0.3, 0.4) is 0 Å². The predicted molar refractivity (Wildman–Crippen MR) is 125 cm³/mol. The summed E-state index contributed by atoms with van der Waals surface area (Å²) in [6, 6.07) is 0. The molecule has 11 nitrogen and oxygen atoms in total. The highest BCUT2D eigenvalue weighted by molar-refractivity contribution is 7.91. The van der Waals surface area contributed by atoms with Crippen LogP contribution in [0.1, 0.15) is 58.3 Å². The summed E-state index contributed by atoms with van der Waals surface area (Å²) in [5.74, 6) is -3.47. The Morgan fingerprint density at radius 3 is 2.54 bits per heavy atom. The van der Waals surface area contributed by atoms with Crippen LogP contribution in [0.5, 0.6) is 0 Å². The van der Waals surface area contributed by atoms with Crippen molar-refractivity contribution in [3.8, 4) is 0 Å². The zero-order valence-corrected chi connectivity index (χ0v) is 20.9. The second kappa shape index (κ2) is 9.11. The zero-order chi connectivity index (χ0) is 25.6. The normalized spacial score (nSPS) is 35.5. The third kappa shape index (κ3) is 5.03. The van der Waals surface area contributed by atoms with Crippen molar-refractivity contribution in [2.45, 2.75) is 74.7 Å². The van der Waals surface area contributed by atoms with E-state index in [2.05, 4.69) is 10.0 Å². The average Bonchev–Trinajstić information content (AvgIpc) is 3.64. The van der Waals surface area contributed by atoms with Gasteiger partial charge in [-0.2, -0.15) is 0 Å². The maximum atomic E-state index is 13.5. The van der Waals surface area contributed by atoms with Crippen molar-refractivity contribution in [2.24, 2.45) is 23.5 Å². The smallest absolute Gasteiger partial charge is 0.404 e. The minimum atomic E-state index is -3.89. The molecule has 194 valence electrons. The molecule has 35 heavy (non-hydrogen) atoms.